The van der Waals surface area contributed by atoms with Gasteiger partial charge in [0.1, 0.15) is 11.7 Å². The number of nitrogens with zero attached hydrogens (tertiary/aromatic N) is 1. The van der Waals surface area contributed by atoms with Gasteiger partial charge in [-0.1, -0.05) is 56.9 Å². The first-order valence-corrected chi connectivity index (χ1v) is 8.07. The lowest BCUT2D eigenvalue weighted by Crippen LogP contribution is -2.44. The molecule has 0 saturated carbocycles. The van der Waals surface area contributed by atoms with Crippen molar-refractivity contribution in [3.8, 4) is 0 Å². The molecule has 0 radical (unpaired) electrons. The lowest BCUT2D eigenvalue weighted by molar-refractivity contribution is -0.120. The number of amides is 2. The molecule has 23 heavy (non-hydrogen) atoms. The van der Waals surface area contributed by atoms with Crippen LogP contribution in [0.3, 0.4) is 0 Å². The Bertz CT molecular complexity index is 685. The van der Waals surface area contributed by atoms with Crippen molar-refractivity contribution in [2.45, 2.75) is 45.1 Å². The molecule has 1 aromatic carbocycles. The summed E-state index contributed by atoms with van der Waals surface area (Å²) in [7, 11) is 0. The number of unbranched alkanes of at least 4 members (excludes halogenated alkanes) is 3. The van der Waals surface area contributed by atoms with Crippen LogP contribution in [0.25, 0.3) is 10.9 Å². The fraction of sp³-hybridized carbons (Fsp3) is 0.389. The van der Waals surface area contributed by atoms with Crippen LogP contribution in [-0.2, 0) is 4.79 Å². The zero-order valence-corrected chi connectivity index (χ0v) is 13.4. The van der Waals surface area contributed by atoms with Crippen LogP contribution in [0, 0.1) is 0 Å². The Balaban J connectivity index is 2.03. The molecule has 2 aromatic rings. The molecule has 2 rings (SSSR count). The van der Waals surface area contributed by atoms with Gasteiger partial charge in [-0.05, 0) is 18.6 Å². The van der Waals surface area contributed by atoms with E-state index in [1.165, 1.54) is 0 Å². The summed E-state index contributed by atoms with van der Waals surface area (Å²) in [5.74, 6) is -0.870. The fourth-order valence-electron chi connectivity index (χ4n) is 2.49. The third-order valence-corrected chi connectivity index (χ3v) is 3.83. The monoisotopic (exact) mass is 313 g/mol. The number of fused-ring (bicyclic) bond motifs is 1. The average molecular weight is 313 g/mol. The van der Waals surface area contributed by atoms with E-state index in [-0.39, 0.29) is 5.91 Å². The molecule has 2 amide bonds. The molecule has 0 saturated heterocycles. The van der Waals surface area contributed by atoms with Gasteiger partial charge in [-0.3, -0.25) is 9.59 Å². The predicted octanol–water partition coefficient (Wildman–Crippen LogP) is 2.79. The first-order chi connectivity index (χ1) is 11.1. The minimum absolute atomic E-state index is 0.295. The van der Waals surface area contributed by atoms with Crippen molar-refractivity contribution in [1.29, 1.82) is 0 Å². The van der Waals surface area contributed by atoms with Crippen LogP contribution in [0.2, 0.25) is 0 Å². The number of para-hydroxylation sites is 1. The summed E-state index contributed by atoms with van der Waals surface area (Å²) in [5.41, 5.74) is 6.44. The number of carbonyl (C=O) groups excluding carboxylic acids is 2. The van der Waals surface area contributed by atoms with Crippen molar-refractivity contribution in [2.24, 2.45) is 5.73 Å². The van der Waals surface area contributed by atoms with Gasteiger partial charge in [0.15, 0.2) is 0 Å². The van der Waals surface area contributed by atoms with Crippen LogP contribution in [0.15, 0.2) is 36.4 Å². The largest absolute Gasteiger partial charge is 0.368 e. The predicted molar refractivity (Wildman–Crippen MR) is 91.0 cm³/mol. The highest BCUT2D eigenvalue weighted by molar-refractivity contribution is 5.97. The zero-order chi connectivity index (χ0) is 16.7. The van der Waals surface area contributed by atoms with E-state index in [9.17, 15) is 9.59 Å². The maximum absolute atomic E-state index is 12.3. The lowest BCUT2D eigenvalue weighted by atomic mass is 10.1. The molecule has 0 aliphatic heterocycles. The minimum atomic E-state index is -0.646. The van der Waals surface area contributed by atoms with Crippen molar-refractivity contribution in [2.75, 3.05) is 0 Å². The number of hydrogen-bond donors (Lipinski definition) is 2. The van der Waals surface area contributed by atoms with E-state index in [2.05, 4.69) is 17.2 Å². The molecule has 0 fully saturated rings. The van der Waals surface area contributed by atoms with Crippen LogP contribution in [-0.4, -0.2) is 22.8 Å². The molecular formula is C18H23N3O2. The number of hydrogen-bond acceptors (Lipinski definition) is 3. The van der Waals surface area contributed by atoms with Crippen LogP contribution in [0.5, 0.6) is 0 Å². The smallest absolute Gasteiger partial charge is 0.270 e. The van der Waals surface area contributed by atoms with Gasteiger partial charge >= 0.3 is 0 Å². The average Bonchev–Trinajstić information content (AvgIpc) is 2.56. The number of pyridine rings is 1. The van der Waals surface area contributed by atoms with Crippen LogP contribution in [0.4, 0.5) is 0 Å². The Morgan fingerprint density at radius 1 is 1.13 bits per heavy atom. The van der Waals surface area contributed by atoms with Gasteiger partial charge in [0.05, 0.1) is 5.52 Å². The zero-order valence-electron chi connectivity index (χ0n) is 13.4. The lowest BCUT2D eigenvalue weighted by Gasteiger charge is -2.15. The van der Waals surface area contributed by atoms with Crippen LogP contribution < -0.4 is 11.1 Å². The van der Waals surface area contributed by atoms with Crippen LogP contribution >= 0.6 is 0 Å². The molecule has 1 heterocycles. The Kier molecular flexibility index (Phi) is 6.09. The second-order valence-electron chi connectivity index (χ2n) is 5.67. The van der Waals surface area contributed by atoms with Gasteiger partial charge in [0.2, 0.25) is 5.91 Å². The second-order valence-corrected chi connectivity index (χ2v) is 5.67. The molecule has 0 bridgehead atoms. The molecule has 1 atom stereocenters. The van der Waals surface area contributed by atoms with Crippen molar-refractivity contribution in [3.63, 3.8) is 0 Å². The highest BCUT2D eigenvalue weighted by Crippen LogP contribution is 2.12. The van der Waals surface area contributed by atoms with Crippen molar-refractivity contribution >= 4 is 22.7 Å². The molecule has 122 valence electrons. The SMILES string of the molecule is CCCCCC[C@@H](NC(=O)c1ccc2ccccc2n1)C(N)=O. The van der Waals surface area contributed by atoms with Gasteiger partial charge in [-0.25, -0.2) is 4.98 Å². The minimum Gasteiger partial charge on any atom is -0.368 e. The molecule has 3 N–H and O–H groups in total. The van der Waals surface area contributed by atoms with Gasteiger partial charge in [0.25, 0.3) is 5.91 Å². The van der Waals surface area contributed by atoms with Crippen molar-refractivity contribution < 1.29 is 9.59 Å². The summed E-state index contributed by atoms with van der Waals surface area (Å²) in [6.45, 7) is 2.12. The molecular weight excluding hydrogens is 290 g/mol. The van der Waals surface area contributed by atoms with Gasteiger partial charge in [-0.2, -0.15) is 0 Å². The van der Waals surface area contributed by atoms with E-state index in [4.69, 9.17) is 5.73 Å². The molecule has 0 spiro atoms. The first kappa shape index (κ1) is 16.9. The Labute approximate surface area is 136 Å². The van der Waals surface area contributed by atoms with E-state index in [1.807, 2.05) is 30.3 Å². The van der Waals surface area contributed by atoms with Crippen LogP contribution in [0.1, 0.15) is 49.5 Å². The summed E-state index contributed by atoms with van der Waals surface area (Å²) in [4.78, 5) is 28.2. The third kappa shape index (κ3) is 4.77. The van der Waals surface area contributed by atoms with Crippen molar-refractivity contribution in [1.82, 2.24) is 10.3 Å². The number of carbonyl (C=O) groups is 2. The maximum Gasteiger partial charge on any atom is 0.270 e. The highest BCUT2D eigenvalue weighted by atomic mass is 16.2. The fourth-order valence-corrected chi connectivity index (χ4v) is 2.49. The summed E-state index contributed by atoms with van der Waals surface area (Å²) < 4.78 is 0. The van der Waals surface area contributed by atoms with Gasteiger partial charge in [0, 0.05) is 5.39 Å². The highest BCUT2D eigenvalue weighted by Gasteiger charge is 2.19. The number of nitrogens with one attached hydrogen (secondary N) is 1. The molecule has 5 nitrogen and oxygen atoms in total. The summed E-state index contributed by atoms with van der Waals surface area (Å²) in [6.07, 6.45) is 4.70. The van der Waals surface area contributed by atoms with Gasteiger partial charge < -0.3 is 11.1 Å². The van der Waals surface area contributed by atoms with E-state index in [0.717, 1.165) is 36.6 Å². The number of nitrogens with two attached hydrogens (primary N) is 1. The Hall–Kier alpha value is -2.43. The first-order valence-electron chi connectivity index (χ1n) is 8.07. The Morgan fingerprint density at radius 3 is 2.65 bits per heavy atom. The summed E-state index contributed by atoms with van der Waals surface area (Å²) in [5, 5.41) is 3.67. The van der Waals surface area contributed by atoms with Crippen molar-refractivity contribution in [3.05, 3.63) is 42.1 Å². The molecule has 1 aromatic heterocycles. The van der Waals surface area contributed by atoms with Gasteiger partial charge in [-0.15, -0.1) is 0 Å². The second kappa shape index (κ2) is 8.27. The topological polar surface area (TPSA) is 85.1 Å². The van der Waals surface area contributed by atoms with E-state index in [1.54, 1.807) is 6.07 Å². The number of primary amides is 1. The number of aromatic nitrogens is 1. The summed E-state index contributed by atoms with van der Waals surface area (Å²) in [6, 6.07) is 10.4. The van der Waals surface area contributed by atoms with E-state index < -0.39 is 11.9 Å². The third-order valence-electron chi connectivity index (χ3n) is 3.83. The normalized spacial score (nSPS) is 12.0. The molecule has 5 heteroatoms. The van der Waals surface area contributed by atoms with E-state index in [0.29, 0.717) is 12.1 Å². The molecule has 0 aliphatic rings. The molecule has 0 aliphatic carbocycles. The van der Waals surface area contributed by atoms with E-state index >= 15 is 0 Å². The Morgan fingerprint density at radius 2 is 1.91 bits per heavy atom. The molecule has 0 unspecified atom stereocenters. The standard InChI is InChI=1S/C18H23N3O2/c1-2-3-4-5-10-15(17(19)22)21-18(23)16-12-11-13-8-6-7-9-14(13)20-16/h6-9,11-12,15H,2-5,10H2,1H3,(H2,19,22)(H,21,23)/t15-/m1/s1. The number of rotatable bonds is 8. The quantitative estimate of drug-likeness (QED) is 0.735. The number of benzene rings is 1. The maximum atomic E-state index is 12.3. The summed E-state index contributed by atoms with van der Waals surface area (Å²) >= 11 is 0.